The highest BCUT2D eigenvalue weighted by molar-refractivity contribution is 6.28. The topological polar surface area (TPSA) is 64.7 Å². The maximum Gasteiger partial charge on any atom is 0.164 e. The summed E-state index contributed by atoms with van der Waals surface area (Å²) < 4.78 is 6.51. The first-order chi connectivity index (χ1) is 30.2. The van der Waals surface area contributed by atoms with Gasteiger partial charge in [0.25, 0.3) is 0 Å². The molecule has 5 nitrogen and oxygen atoms in total. The number of pyridine rings is 1. The fourth-order valence-corrected chi connectivity index (χ4v) is 8.87. The normalized spacial score (nSPS) is 11.6. The zero-order chi connectivity index (χ0) is 40.3. The fourth-order valence-electron chi connectivity index (χ4n) is 8.87. The first-order valence-corrected chi connectivity index (χ1v) is 20.5. The molecule has 12 aromatic rings. The standard InChI is InChI=1S/C56H34N4O/c1-3-15-35(16-4-1)42-24-9-10-25-44(42)56-59-54(37-18-5-2-6-19-37)58-55(60-56)40-29-31-48-47(34-40)51-46(30-32-50-52(51)45-26-11-12-28-49(45)61-50)53(57-48)39-22-13-21-38(33-39)43-27-14-20-36-17-7-8-23-41(36)43/h1-34H. The largest absolute Gasteiger partial charge is 0.456 e. The second-order valence-corrected chi connectivity index (χ2v) is 15.3. The van der Waals surface area contributed by atoms with Gasteiger partial charge >= 0.3 is 0 Å². The lowest BCUT2D eigenvalue weighted by Gasteiger charge is -2.14. The van der Waals surface area contributed by atoms with E-state index >= 15 is 0 Å². The molecule has 9 aromatic carbocycles. The van der Waals surface area contributed by atoms with Crippen molar-refractivity contribution in [2.75, 3.05) is 0 Å². The Labute approximate surface area is 351 Å². The monoisotopic (exact) mass is 778 g/mol. The smallest absolute Gasteiger partial charge is 0.164 e. The minimum Gasteiger partial charge on any atom is -0.456 e. The number of aromatic nitrogens is 4. The van der Waals surface area contributed by atoms with E-state index < -0.39 is 0 Å². The van der Waals surface area contributed by atoms with Crippen LogP contribution in [-0.2, 0) is 0 Å². The Morgan fingerprint density at radius 1 is 0.295 bits per heavy atom. The molecule has 12 rings (SSSR count). The summed E-state index contributed by atoms with van der Waals surface area (Å²) in [6.45, 7) is 0. The van der Waals surface area contributed by atoms with Gasteiger partial charge < -0.3 is 4.42 Å². The lowest BCUT2D eigenvalue weighted by molar-refractivity contribution is 0.669. The Hall–Kier alpha value is -8.28. The summed E-state index contributed by atoms with van der Waals surface area (Å²) in [7, 11) is 0. The number of nitrogens with zero attached hydrogens (tertiary/aromatic N) is 4. The van der Waals surface area contributed by atoms with E-state index in [0.717, 1.165) is 88.3 Å². The fraction of sp³-hybridized carbons (Fsp3) is 0. The van der Waals surface area contributed by atoms with Crippen molar-refractivity contribution in [1.29, 1.82) is 0 Å². The van der Waals surface area contributed by atoms with Crippen LogP contribution < -0.4 is 0 Å². The van der Waals surface area contributed by atoms with Crippen molar-refractivity contribution in [1.82, 2.24) is 19.9 Å². The van der Waals surface area contributed by atoms with Gasteiger partial charge in [0, 0.05) is 49.2 Å². The van der Waals surface area contributed by atoms with Gasteiger partial charge in [0.1, 0.15) is 11.2 Å². The lowest BCUT2D eigenvalue weighted by atomic mass is 9.93. The van der Waals surface area contributed by atoms with Crippen molar-refractivity contribution >= 4 is 54.4 Å². The molecule has 3 aromatic heterocycles. The molecule has 0 atom stereocenters. The third-order valence-electron chi connectivity index (χ3n) is 11.7. The number of rotatable bonds is 6. The summed E-state index contributed by atoms with van der Waals surface area (Å²) in [5.41, 5.74) is 11.7. The molecule has 0 amide bonds. The first kappa shape index (κ1) is 34.7. The van der Waals surface area contributed by atoms with E-state index in [1.807, 2.05) is 54.6 Å². The summed E-state index contributed by atoms with van der Waals surface area (Å²) >= 11 is 0. The lowest BCUT2D eigenvalue weighted by Crippen LogP contribution is -2.01. The molecule has 0 aliphatic carbocycles. The Bertz CT molecular complexity index is 3650. The van der Waals surface area contributed by atoms with Crippen LogP contribution in [0.2, 0.25) is 0 Å². The van der Waals surface area contributed by atoms with Crippen LogP contribution in [-0.4, -0.2) is 19.9 Å². The van der Waals surface area contributed by atoms with Crippen molar-refractivity contribution in [3.63, 3.8) is 0 Å². The van der Waals surface area contributed by atoms with Crippen molar-refractivity contribution < 1.29 is 4.42 Å². The maximum atomic E-state index is 6.51. The summed E-state index contributed by atoms with van der Waals surface area (Å²) in [5, 5.41) is 7.66. The molecule has 3 heterocycles. The SMILES string of the molecule is c1ccc(-c2nc(-c3ccc4nc(-c5cccc(-c6cccc7ccccc67)c5)c5ccc6oc7ccccc7c6c5c4c3)nc(-c3ccccc3-c3ccccc3)n2)cc1. The van der Waals surface area contributed by atoms with Gasteiger partial charge in [-0.25, -0.2) is 19.9 Å². The quantitative estimate of drug-likeness (QED) is 0.157. The van der Waals surface area contributed by atoms with Gasteiger partial charge in [0.15, 0.2) is 17.5 Å². The molecule has 0 bridgehead atoms. The van der Waals surface area contributed by atoms with Crippen LogP contribution in [0.25, 0.3) is 122 Å². The van der Waals surface area contributed by atoms with Crippen molar-refractivity contribution in [3.05, 3.63) is 206 Å². The second kappa shape index (κ2) is 14.2. The third-order valence-corrected chi connectivity index (χ3v) is 11.7. The highest BCUT2D eigenvalue weighted by Crippen LogP contribution is 2.43. The Morgan fingerprint density at radius 2 is 0.918 bits per heavy atom. The van der Waals surface area contributed by atoms with Gasteiger partial charge in [-0.1, -0.05) is 164 Å². The third kappa shape index (κ3) is 5.94. The second-order valence-electron chi connectivity index (χ2n) is 15.3. The van der Waals surface area contributed by atoms with Crippen molar-refractivity contribution in [2.45, 2.75) is 0 Å². The van der Waals surface area contributed by atoms with Crippen LogP contribution in [0, 0.1) is 0 Å². The molecular formula is C56H34N4O. The molecule has 5 heteroatoms. The number of hydrogen-bond acceptors (Lipinski definition) is 5. The van der Waals surface area contributed by atoms with Gasteiger partial charge in [-0.3, -0.25) is 0 Å². The van der Waals surface area contributed by atoms with Crippen molar-refractivity contribution in [3.8, 4) is 67.7 Å². The maximum absolute atomic E-state index is 6.51. The number of fused-ring (bicyclic) bond motifs is 8. The summed E-state index contributed by atoms with van der Waals surface area (Å²) in [4.78, 5) is 21.0. The first-order valence-electron chi connectivity index (χ1n) is 20.5. The van der Waals surface area contributed by atoms with Gasteiger partial charge in [-0.15, -0.1) is 0 Å². The van der Waals surface area contributed by atoms with E-state index in [9.17, 15) is 0 Å². The molecule has 0 fully saturated rings. The molecule has 0 saturated carbocycles. The van der Waals surface area contributed by atoms with Crippen LogP contribution in [0.15, 0.2) is 211 Å². The van der Waals surface area contributed by atoms with E-state index in [0.29, 0.717) is 17.5 Å². The van der Waals surface area contributed by atoms with Gasteiger partial charge in [0.2, 0.25) is 0 Å². The Kier molecular flexibility index (Phi) is 8.10. The predicted molar refractivity (Wildman–Crippen MR) is 250 cm³/mol. The molecule has 284 valence electrons. The van der Waals surface area contributed by atoms with Gasteiger partial charge in [-0.05, 0) is 75.5 Å². The minimum atomic E-state index is 0.581. The molecule has 61 heavy (non-hydrogen) atoms. The van der Waals surface area contributed by atoms with E-state index in [4.69, 9.17) is 24.4 Å². The van der Waals surface area contributed by atoms with E-state index in [1.165, 1.54) is 16.3 Å². The number of para-hydroxylation sites is 1. The number of benzene rings is 9. The number of furan rings is 1. The van der Waals surface area contributed by atoms with Gasteiger partial charge in [0.05, 0.1) is 11.2 Å². The van der Waals surface area contributed by atoms with Crippen LogP contribution in [0.4, 0.5) is 0 Å². The summed E-state index contributed by atoms with van der Waals surface area (Å²) in [5.74, 6) is 1.80. The van der Waals surface area contributed by atoms with Crippen LogP contribution in [0.1, 0.15) is 0 Å². The highest BCUT2D eigenvalue weighted by atomic mass is 16.3. The van der Waals surface area contributed by atoms with E-state index in [-0.39, 0.29) is 0 Å². The molecule has 0 saturated heterocycles. The zero-order valence-corrected chi connectivity index (χ0v) is 32.8. The van der Waals surface area contributed by atoms with E-state index in [2.05, 4.69) is 152 Å². The minimum absolute atomic E-state index is 0.581. The van der Waals surface area contributed by atoms with Crippen LogP contribution in [0.3, 0.4) is 0 Å². The molecule has 0 aliphatic rings. The summed E-state index contributed by atoms with van der Waals surface area (Å²) in [6.07, 6.45) is 0. The van der Waals surface area contributed by atoms with Gasteiger partial charge in [-0.2, -0.15) is 0 Å². The zero-order valence-electron chi connectivity index (χ0n) is 32.8. The van der Waals surface area contributed by atoms with Crippen LogP contribution in [0.5, 0.6) is 0 Å². The predicted octanol–water partition coefficient (Wildman–Crippen LogP) is 14.6. The Morgan fingerprint density at radius 3 is 1.77 bits per heavy atom. The molecule has 0 aliphatic heterocycles. The number of hydrogen-bond donors (Lipinski definition) is 0. The van der Waals surface area contributed by atoms with Crippen molar-refractivity contribution in [2.24, 2.45) is 0 Å². The molecular weight excluding hydrogens is 745 g/mol. The Balaban J connectivity index is 1.10. The van der Waals surface area contributed by atoms with Crippen LogP contribution >= 0.6 is 0 Å². The average molecular weight is 779 g/mol. The van der Waals surface area contributed by atoms with E-state index in [1.54, 1.807) is 0 Å². The molecule has 0 N–H and O–H groups in total. The average Bonchev–Trinajstić information content (AvgIpc) is 3.73. The molecule has 0 spiro atoms. The molecule has 0 unspecified atom stereocenters. The molecule has 0 radical (unpaired) electrons. The highest BCUT2D eigenvalue weighted by Gasteiger charge is 2.20. The summed E-state index contributed by atoms with van der Waals surface area (Å²) in [6, 6.07) is 71.5.